The molecule has 9 aromatic rings. The molecule has 0 aliphatic heterocycles. The number of para-hydroxylation sites is 4. The molecule has 9 rings (SSSR count). The van der Waals surface area contributed by atoms with Crippen molar-refractivity contribution in [3.05, 3.63) is 164 Å². The topological polar surface area (TPSA) is 18.1 Å². The van der Waals surface area contributed by atoms with Crippen molar-refractivity contribution in [2.24, 2.45) is 0 Å². The van der Waals surface area contributed by atoms with Crippen molar-refractivity contribution in [3.8, 4) is 39.1 Å². The zero-order chi connectivity index (χ0) is 29.0. The SMILES string of the molecule is c1ccc(-c2ccc3c(c2)c2ccccc2n3-c2ccccc2-c2ccccc2-c2cccc3c2oc2ccccc23)cc1. The van der Waals surface area contributed by atoms with Crippen LogP contribution in [-0.4, -0.2) is 4.57 Å². The molecule has 0 fully saturated rings. The molecule has 0 bridgehead atoms. The Kier molecular flexibility index (Phi) is 5.54. The van der Waals surface area contributed by atoms with E-state index in [-0.39, 0.29) is 0 Å². The van der Waals surface area contributed by atoms with Gasteiger partial charge in [-0.25, -0.2) is 0 Å². The van der Waals surface area contributed by atoms with Gasteiger partial charge in [0.25, 0.3) is 0 Å². The molecule has 2 heteroatoms. The lowest BCUT2D eigenvalue weighted by Crippen LogP contribution is -1.98. The third kappa shape index (κ3) is 3.75. The van der Waals surface area contributed by atoms with Crippen molar-refractivity contribution in [2.75, 3.05) is 0 Å². The lowest BCUT2D eigenvalue weighted by Gasteiger charge is -2.17. The predicted molar refractivity (Wildman–Crippen MR) is 184 cm³/mol. The lowest BCUT2D eigenvalue weighted by molar-refractivity contribution is 0.670. The quantitative estimate of drug-likeness (QED) is 0.209. The fourth-order valence-corrected chi connectivity index (χ4v) is 6.85. The molecule has 0 atom stereocenters. The Balaban J connectivity index is 1.30. The molecule has 0 aliphatic carbocycles. The highest BCUT2D eigenvalue weighted by Gasteiger charge is 2.19. The van der Waals surface area contributed by atoms with E-state index >= 15 is 0 Å². The summed E-state index contributed by atoms with van der Waals surface area (Å²) in [6.07, 6.45) is 0. The van der Waals surface area contributed by atoms with Crippen molar-refractivity contribution in [3.63, 3.8) is 0 Å². The maximum atomic E-state index is 6.49. The van der Waals surface area contributed by atoms with Gasteiger partial charge in [0, 0.05) is 32.7 Å². The average Bonchev–Trinajstić information content (AvgIpc) is 3.64. The van der Waals surface area contributed by atoms with Gasteiger partial charge in [0.15, 0.2) is 0 Å². The van der Waals surface area contributed by atoms with Crippen molar-refractivity contribution >= 4 is 43.7 Å². The van der Waals surface area contributed by atoms with E-state index in [4.69, 9.17) is 4.42 Å². The Labute approximate surface area is 255 Å². The summed E-state index contributed by atoms with van der Waals surface area (Å²) in [6, 6.07) is 58.4. The van der Waals surface area contributed by atoms with Crippen LogP contribution in [0.15, 0.2) is 168 Å². The molecule has 0 saturated heterocycles. The molecule has 0 amide bonds. The van der Waals surface area contributed by atoms with Gasteiger partial charge in [0.2, 0.25) is 0 Å². The number of benzene rings is 7. The summed E-state index contributed by atoms with van der Waals surface area (Å²) >= 11 is 0. The molecule has 206 valence electrons. The monoisotopic (exact) mass is 561 g/mol. The minimum Gasteiger partial charge on any atom is -0.455 e. The first-order valence-corrected chi connectivity index (χ1v) is 15.0. The van der Waals surface area contributed by atoms with Gasteiger partial charge in [-0.05, 0) is 52.6 Å². The zero-order valence-corrected chi connectivity index (χ0v) is 23.9. The van der Waals surface area contributed by atoms with Crippen LogP contribution in [0.25, 0.3) is 82.8 Å². The van der Waals surface area contributed by atoms with Crippen LogP contribution in [0.2, 0.25) is 0 Å². The van der Waals surface area contributed by atoms with Crippen LogP contribution >= 0.6 is 0 Å². The number of nitrogens with zero attached hydrogens (tertiary/aromatic N) is 1. The smallest absolute Gasteiger partial charge is 0.143 e. The molecule has 0 aliphatic rings. The van der Waals surface area contributed by atoms with Gasteiger partial charge in [0.05, 0.1) is 16.7 Å². The highest BCUT2D eigenvalue weighted by atomic mass is 16.3. The summed E-state index contributed by atoms with van der Waals surface area (Å²) in [5.74, 6) is 0. The largest absolute Gasteiger partial charge is 0.455 e. The second-order valence-corrected chi connectivity index (χ2v) is 11.3. The molecular formula is C42H27NO. The molecule has 2 aromatic heterocycles. The minimum atomic E-state index is 0.910. The molecule has 2 heterocycles. The van der Waals surface area contributed by atoms with E-state index in [1.807, 2.05) is 12.1 Å². The van der Waals surface area contributed by atoms with Crippen LogP contribution in [0, 0.1) is 0 Å². The van der Waals surface area contributed by atoms with Crippen LogP contribution in [0.3, 0.4) is 0 Å². The van der Waals surface area contributed by atoms with Crippen LogP contribution in [-0.2, 0) is 0 Å². The van der Waals surface area contributed by atoms with E-state index in [0.717, 1.165) is 38.8 Å². The first kappa shape index (κ1) is 24.7. The van der Waals surface area contributed by atoms with Gasteiger partial charge >= 0.3 is 0 Å². The second kappa shape index (κ2) is 9.86. The van der Waals surface area contributed by atoms with Crippen molar-refractivity contribution in [1.29, 1.82) is 0 Å². The molecule has 0 radical (unpaired) electrons. The lowest BCUT2D eigenvalue weighted by atomic mass is 9.92. The Hall–Kier alpha value is -5.86. The van der Waals surface area contributed by atoms with Crippen molar-refractivity contribution in [1.82, 2.24) is 4.57 Å². The number of hydrogen-bond acceptors (Lipinski definition) is 1. The minimum absolute atomic E-state index is 0.910. The fraction of sp³-hybridized carbons (Fsp3) is 0. The summed E-state index contributed by atoms with van der Waals surface area (Å²) in [6.45, 7) is 0. The maximum absolute atomic E-state index is 6.49. The number of furan rings is 1. The first-order chi connectivity index (χ1) is 21.8. The summed E-state index contributed by atoms with van der Waals surface area (Å²) in [7, 11) is 0. The number of fused-ring (bicyclic) bond motifs is 6. The third-order valence-corrected chi connectivity index (χ3v) is 8.84. The van der Waals surface area contributed by atoms with Crippen LogP contribution < -0.4 is 0 Å². The van der Waals surface area contributed by atoms with Crippen molar-refractivity contribution in [2.45, 2.75) is 0 Å². The Morgan fingerprint density at radius 2 is 0.977 bits per heavy atom. The zero-order valence-electron chi connectivity index (χ0n) is 23.9. The summed E-state index contributed by atoms with van der Waals surface area (Å²) in [4.78, 5) is 0. The molecule has 44 heavy (non-hydrogen) atoms. The summed E-state index contributed by atoms with van der Waals surface area (Å²) in [5.41, 5.74) is 12.4. The van der Waals surface area contributed by atoms with Gasteiger partial charge in [-0.15, -0.1) is 0 Å². The Morgan fingerprint density at radius 1 is 0.364 bits per heavy atom. The predicted octanol–water partition coefficient (Wildman–Crippen LogP) is 11.7. The normalized spacial score (nSPS) is 11.6. The highest BCUT2D eigenvalue weighted by molar-refractivity contribution is 6.12. The van der Waals surface area contributed by atoms with Crippen LogP contribution in [0.5, 0.6) is 0 Å². The molecule has 0 unspecified atom stereocenters. The van der Waals surface area contributed by atoms with E-state index in [0.29, 0.717) is 0 Å². The van der Waals surface area contributed by atoms with Gasteiger partial charge < -0.3 is 8.98 Å². The van der Waals surface area contributed by atoms with Gasteiger partial charge in [0.1, 0.15) is 11.2 Å². The standard InChI is InChI=1S/C42H27NO/c1-2-13-28(14-3-1)29-25-26-40-37(27-29)33-18-7-10-23-39(33)43(40)38-22-9-6-17-32(38)30-15-4-5-16-31(30)35-20-12-21-36-34-19-8-11-24-41(34)44-42(35)36/h1-27H. The molecule has 2 nitrogen and oxygen atoms in total. The Bertz CT molecular complexity index is 2500. The van der Waals surface area contributed by atoms with E-state index in [1.54, 1.807) is 0 Å². The van der Waals surface area contributed by atoms with E-state index in [2.05, 4.69) is 156 Å². The molecule has 0 N–H and O–H groups in total. The molecule has 7 aromatic carbocycles. The molecular weight excluding hydrogens is 534 g/mol. The number of aromatic nitrogens is 1. The fourth-order valence-electron chi connectivity index (χ4n) is 6.85. The van der Waals surface area contributed by atoms with Crippen LogP contribution in [0.4, 0.5) is 0 Å². The van der Waals surface area contributed by atoms with E-state index in [1.165, 1.54) is 44.1 Å². The average molecular weight is 562 g/mol. The summed E-state index contributed by atoms with van der Waals surface area (Å²) in [5, 5.41) is 4.77. The van der Waals surface area contributed by atoms with Gasteiger partial charge in [-0.1, -0.05) is 133 Å². The van der Waals surface area contributed by atoms with Gasteiger partial charge in [-0.2, -0.15) is 0 Å². The molecule has 0 spiro atoms. The maximum Gasteiger partial charge on any atom is 0.143 e. The van der Waals surface area contributed by atoms with E-state index < -0.39 is 0 Å². The first-order valence-electron chi connectivity index (χ1n) is 15.0. The number of rotatable bonds is 4. The number of hydrogen-bond donors (Lipinski definition) is 0. The summed E-state index contributed by atoms with van der Waals surface area (Å²) < 4.78 is 8.91. The van der Waals surface area contributed by atoms with Crippen LogP contribution in [0.1, 0.15) is 0 Å². The van der Waals surface area contributed by atoms with E-state index in [9.17, 15) is 0 Å². The molecule has 0 saturated carbocycles. The second-order valence-electron chi connectivity index (χ2n) is 11.3. The third-order valence-electron chi connectivity index (χ3n) is 8.84. The highest BCUT2D eigenvalue weighted by Crippen LogP contribution is 2.43. The van der Waals surface area contributed by atoms with Crippen molar-refractivity contribution < 1.29 is 4.42 Å². The van der Waals surface area contributed by atoms with Gasteiger partial charge in [-0.3, -0.25) is 0 Å². The Morgan fingerprint density at radius 3 is 1.84 bits per heavy atom.